The second-order valence-electron chi connectivity index (χ2n) is 11.9. The van der Waals surface area contributed by atoms with E-state index in [9.17, 15) is 4.79 Å². The van der Waals surface area contributed by atoms with Crippen LogP contribution in [0.15, 0.2) is 48.5 Å². The molecule has 1 aliphatic carbocycles. The third-order valence-electron chi connectivity index (χ3n) is 8.60. The molecule has 1 saturated heterocycles. The SMILES string of the molecule is Cc1cc2c(C(N)=O)cccc2n1-c1nc2c(c(NCc3cccc(B4OC(C)(C)C(C)(C)O4)c3)n1)CCCC2. The Morgan fingerprint density at radius 3 is 2.50 bits per heavy atom. The summed E-state index contributed by atoms with van der Waals surface area (Å²) in [6.07, 6.45) is 4.09. The highest BCUT2D eigenvalue weighted by molar-refractivity contribution is 6.62. The Morgan fingerprint density at radius 1 is 1.02 bits per heavy atom. The molecule has 0 atom stereocenters. The van der Waals surface area contributed by atoms with E-state index in [1.54, 1.807) is 6.07 Å². The van der Waals surface area contributed by atoms with Gasteiger partial charge in [-0.05, 0) is 89.5 Å². The van der Waals surface area contributed by atoms with Crippen LogP contribution in [0.5, 0.6) is 0 Å². The van der Waals surface area contributed by atoms with Crippen LogP contribution in [-0.2, 0) is 28.7 Å². The average molecular weight is 537 g/mol. The van der Waals surface area contributed by atoms with Crippen molar-refractivity contribution < 1.29 is 14.1 Å². The molecule has 0 bridgehead atoms. The molecule has 0 spiro atoms. The molecule has 206 valence electrons. The van der Waals surface area contributed by atoms with E-state index < -0.39 is 13.0 Å². The normalized spacial score (nSPS) is 17.7. The van der Waals surface area contributed by atoms with E-state index in [1.165, 1.54) is 5.56 Å². The Morgan fingerprint density at radius 2 is 1.75 bits per heavy atom. The summed E-state index contributed by atoms with van der Waals surface area (Å²) in [6.45, 7) is 10.9. The van der Waals surface area contributed by atoms with E-state index in [2.05, 4.69) is 51.2 Å². The van der Waals surface area contributed by atoms with Gasteiger partial charge in [-0.1, -0.05) is 30.3 Å². The summed E-state index contributed by atoms with van der Waals surface area (Å²) in [5.41, 5.74) is 11.6. The van der Waals surface area contributed by atoms with Crippen molar-refractivity contribution in [2.75, 3.05) is 5.32 Å². The maximum Gasteiger partial charge on any atom is 0.494 e. The van der Waals surface area contributed by atoms with Gasteiger partial charge in [0.2, 0.25) is 11.9 Å². The number of aryl methyl sites for hydroxylation is 2. The molecule has 0 radical (unpaired) electrons. The van der Waals surface area contributed by atoms with Crippen LogP contribution in [0, 0.1) is 6.92 Å². The van der Waals surface area contributed by atoms with Gasteiger partial charge in [0.15, 0.2) is 0 Å². The van der Waals surface area contributed by atoms with Crippen molar-refractivity contribution in [2.24, 2.45) is 5.73 Å². The molecule has 1 aliphatic heterocycles. The highest BCUT2D eigenvalue weighted by Gasteiger charge is 2.51. The van der Waals surface area contributed by atoms with E-state index in [0.29, 0.717) is 18.1 Å². The summed E-state index contributed by atoms with van der Waals surface area (Å²) in [6, 6.07) is 15.9. The quantitative estimate of drug-likeness (QED) is 0.348. The number of benzene rings is 2. The van der Waals surface area contributed by atoms with Crippen LogP contribution < -0.4 is 16.5 Å². The highest BCUT2D eigenvalue weighted by Crippen LogP contribution is 2.36. The first-order chi connectivity index (χ1) is 19.0. The average Bonchev–Trinajstić information content (AvgIpc) is 3.37. The fourth-order valence-corrected chi connectivity index (χ4v) is 5.69. The number of nitrogens with zero attached hydrogens (tertiary/aromatic N) is 3. The Bertz CT molecular complexity index is 1610. The summed E-state index contributed by atoms with van der Waals surface area (Å²) in [5.74, 6) is 1.01. The third-order valence-corrected chi connectivity index (χ3v) is 8.60. The second-order valence-corrected chi connectivity index (χ2v) is 11.9. The van der Waals surface area contributed by atoms with E-state index in [1.807, 2.05) is 35.8 Å². The Kier molecular flexibility index (Phi) is 6.47. The number of anilines is 1. The van der Waals surface area contributed by atoms with Crippen LogP contribution in [0.1, 0.15) is 73.4 Å². The zero-order valence-electron chi connectivity index (χ0n) is 23.9. The maximum atomic E-state index is 12.1. The van der Waals surface area contributed by atoms with Gasteiger partial charge in [0.25, 0.3) is 0 Å². The topological polar surface area (TPSA) is 104 Å². The standard InChI is InChI=1S/C31H36BN5O3/c1-19-16-24-22(27(33)38)13-9-15-26(24)37(19)29-35-25-14-7-6-12-23(25)28(36-29)34-18-20-10-8-11-21(17-20)32-39-30(2,3)31(4,5)40-32/h8-11,13,15-17H,6-7,12,14,18H2,1-5H3,(H2,33,38)(H,34,35,36). The summed E-state index contributed by atoms with van der Waals surface area (Å²) in [4.78, 5) is 22.1. The number of carbonyl (C=O) groups is 1. The number of fused-ring (bicyclic) bond motifs is 2. The first kappa shape index (κ1) is 26.5. The molecule has 6 rings (SSSR count). The molecule has 1 amide bonds. The van der Waals surface area contributed by atoms with Gasteiger partial charge in [-0.25, -0.2) is 4.98 Å². The lowest BCUT2D eigenvalue weighted by atomic mass is 9.78. The van der Waals surface area contributed by atoms with Crippen molar-refractivity contribution in [3.05, 3.63) is 76.6 Å². The molecule has 3 N–H and O–H groups in total. The van der Waals surface area contributed by atoms with Crippen molar-refractivity contribution >= 4 is 35.2 Å². The van der Waals surface area contributed by atoms with Gasteiger partial charge in [-0.2, -0.15) is 4.98 Å². The summed E-state index contributed by atoms with van der Waals surface area (Å²) in [7, 11) is -0.404. The lowest BCUT2D eigenvalue weighted by Crippen LogP contribution is -2.41. The number of rotatable bonds is 6. The van der Waals surface area contributed by atoms with Crippen LogP contribution in [0.2, 0.25) is 0 Å². The number of hydrogen-bond acceptors (Lipinski definition) is 6. The van der Waals surface area contributed by atoms with E-state index in [4.69, 9.17) is 25.0 Å². The second kappa shape index (κ2) is 9.75. The smallest absolute Gasteiger partial charge is 0.399 e. The van der Waals surface area contributed by atoms with Crippen molar-refractivity contribution in [1.82, 2.24) is 14.5 Å². The summed E-state index contributed by atoms with van der Waals surface area (Å²) < 4.78 is 14.6. The molecule has 8 nitrogen and oxygen atoms in total. The van der Waals surface area contributed by atoms with Crippen LogP contribution in [0.3, 0.4) is 0 Å². The van der Waals surface area contributed by atoms with E-state index in [-0.39, 0.29) is 11.2 Å². The molecule has 2 aromatic carbocycles. The monoisotopic (exact) mass is 537 g/mol. The number of nitrogens with two attached hydrogens (primary N) is 1. The number of amides is 1. The predicted octanol–water partition coefficient (Wildman–Crippen LogP) is 4.62. The molecule has 40 heavy (non-hydrogen) atoms. The molecule has 1 fully saturated rings. The molecule has 2 aliphatic rings. The molecule has 4 aromatic rings. The fourth-order valence-electron chi connectivity index (χ4n) is 5.69. The number of carbonyl (C=O) groups excluding carboxylic acids is 1. The fraction of sp³-hybridized carbons (Fsp3) is 0.387. The molecule has 9 heteroatoms. The van der Waals surface area contributed by atoms with Gasteiger partial charge in [0, 0.05) is 28.8 Å². The number of nitrogens with one attached hydrogen (secondary N) is 1. The van der Waals surface area contributed by atoms with E-state index in [0.717, 1.165) is 64.8 Å². The Balaban J connectivity index is 1.33. The molecule has 3 heterocycles. The van der Waals surface area contributed by atoms with Crippen molar-refractivity contribution in [3.63, 3.8) is 0 Å². The highest BCUT2D eigenvalue weighted by atomic mass is 16.7. The lowest BCUT2D eigenvalue weighted by molar-refractivity contribution is 0.00578. The van der Waals surface area contributed by atoms with Gasteiger partial charge >= 0.3 is 7.12 Å². The Labute approximate surface area is 235 Å². The molecule has 0 unspecified atom stereocenters. The largest absolute Gasteiger partial charge is 0.494 e. The zero-order valence-corrected chi connectivity index (χ0v) is 23.9. The zero-order chi connectivity index (χ0) is 28.2. The van der Waals surface area contributed by atoms with Gasteiger partial charge < -0.3 is 20.4 Å². The predicted molar refractivity (Wildman–Crippen MR) is 158 cm³/mol. The number of aromatic nitrogens is 3. The molecule has 0 saturated carbocycles. The van der Waals surface area contributed by atoms with Crippen LogP contribution in [-0.4, -0.2) is 38.8 Å². The molecular weight excluding hydrogens is 501 g/mol. The van der Waals surface area contributed by atoms with Gasteiger partial charge in [-0.15, -0.1) is 0 Å². The summed E-state index contributed by atoms with van der Waals surface area (Å²) in [5, 5.41) is 4.43. The van der Waals surface area contributed by atoms with Gasteiger partial charge in [0.05, 0.1) is 22.4 Å². The van der Waals surface area contributed by atoms with Gasteiger partial charge in [0.1, 0.15) is 5.82 Å². The van der Waals surface area contributed by atoms with Crippen molar-refractivity contribution in [3.8, 4) is 5.95 Å². The first-order valence-corrected chi connectivity index (χ1v) is 14.0. The van der Waals surface area contributed by atoms with Gasteiger partial charge in [-0.3, -0.25) is 9.36 Å². The van der Waals surface area contributed by atoms with E-state index >= 15 is 0 Å². The molecule has 2 aromatic heterocycles. The minimum Gasteiger partial charge on any atom is -0.399 e. The van der Waals surface area contributed by atoms with Crippen molar-refractivity contribution in [2.45, 2.75) is 78.0 Å². The van der Waals surface area contributed by atoms with Crippen molar-refractivity contribution in [1.29, 1.82) is 0 Å². The minimum absolute atomic E-state index is 0.388. The number of primary amides is 1. The summed E-state index contributed by atoms with van der Waals surface area (Å²) >= 11 is 0. The van der Waals surface area contributed by atoms with Crippen LogP contribution >= 0.6 is 0 Å². The number of hydrogen-bond donors (Lipinski definition) is 2. The molecular formula is C31H36BN5O3. The Hall–Kier alpha value is -3.69. The third kappa shape index (κ3) is 4.57. The van der Waals surface area contributed by atoms with Crippen LogP contribution in [0.4, 0.5) is 5.82 Å². The maximum absolute atomic E-state index is 12.1. The van der Waals surface area contributed by atoms with Crippen LogP contribution in [0.25, 0.3) is 16.9 Å². The minimum atomic E-state index is -0.445. The lowest BCUT2D eigenvalue weighted by Gasteiger charge is -2.32. The first-order valence-electron chi connectivity index (χ1n) is 14.0.